The molecule has 20 heavy (non-hydrogen) atoms. The number of benzene rings is 1. The average Bonchev–Trinajstić information content (AvgIpc) is 2.41. The maximum absolute atomic E-state index is 13.6. The summed E-state index contributed by atoms with van der Waals surface area (Å²) >= 11 is 0. The predicted octanol–water partition coefficient (Wildman–Crippen LogP) is 1.76. The van der Waals surface area contributed by atoms with Gasteiger partial charge in [0.05, 0.1) is 0 Å². The monoisotopic (exact) mass is 326 g/mol. The van der Waals surface area contributed by atoms with E-state index in [4.69, 9.17) is 0 Å². The maximum Gasteiger partial charge on any atom is 0.246 e. The molecule has 0 atom stereocenters. The van der Waals surface area contributed by atoms with Gasteiger partial charge in [-0.1, -0.05) is 6.07 Å². The van der Waals surface area contributed by atoms with Gasteiger partial charge in [-0.25, -0.2) is 17.2 Å². The van der Waals surface area contributed by atoms with Crippen molar-refractivity contribution in [1.29, 1.82) is 0 Å². The Hall–Kier alpha value is -0.760. The Morgan fingerprint density at radius 3 is 2.40 bits per heavy atom. The topological polar surface area (TPSA) is 49.4 Å². The zero-order valence-electron chi connectivity index (χ0n) is 11.0. The zero-order chi connectivity index (χ0) is 14.0. The highest BCUT2D eigenvalue weighted by Gasteiger charge is 2.31. The molecule has 1 aromatic rings. The average molecular weight is 327 g/mol. The second-order valence-electron chi connectivity index (χ2n) is 4.52. The molecule has 0 aliphatic carbocycles. The molecule has 1 aliphatic heterocycles. The van der Waals surface area contributed by atoms with Gasteiger partial charge < -0.3 is 5.32 Å². The van der Waals surface area contributed by atoms with Crippen molar-refractivity contribution in [3.63, 3.8) is 0 Å². The van der Waals surface area contributed by atoms with Crippen molar-refractivity contribution in [2.45, 2.75) is 23.8 Å². The van der Waals surface area contributed by atoms with Gasteiger partial charge in [-0.05, 0) is 32.0 Å². The van der Waals surface area contributed by atoms with Crippen molar-refractivity contribution in [3.05, 3.63) is 29.8 Å². The first kappa shape index (κ1) is 17.3. The molecule has 0 unspecified atom stereocenters. The lowest BCUT2D eigenvalue weighted by atomic mass is 10.1. The van der Waals surface area contributed by atoms with Gasteiger partial charge in [0, 0.05) is 19.1 Å². The molecule has 0 saturated carbocycles. The smallest absolute Gasteiger partial charge is 0.246 e. The highest BCUT2D eigenvalue weighted by Crippen LogP contribution is 2.24. The van der Waals surface area contributed by atoms with Crippen LogP contribution in [0.1, 0.15) is 12.8 Å². The maximum atomic E-state index is 13.6. The quantitative estimate of drug-likeness (QED) is 0.921. The van der Waals surface area contributed by atoms with Crippen LogP contribution in [0.25, 0.3) is 0 Å². The molecule has 1 aliphatic rings. The van der Waals surface area contributed by atoms with Crippen LogP contribution in [-0.4, -0.2) is 38.9 Å². The Bertz CT molecular complexity index is 561. The first-order valence-electron chi connectivity index (χ1n) is 6.08. The normalized spacial score (nSPS) is 17.8. The molecule has 0 aromatic heterocycles. The van der Waals surface area contributed by atoms with Gasteiger partial charge in [0.25, 0.3) is 0 Å². The molecule has 0 amide bonds. The Balaban J connectivity index is 0.00000200. The van der Waals surface area contributed by atoms with Crippen LogP contribution in [0.3, 0.4) is 0 Å². The number of hydrogen-bond donors (Lipinski definition) is 1. The second-order valence-corrected chi connectivity index (χ2v) is 6.43. The number of piperidine rings is 1. The minimum Gasteiger partial charge on any atom is -0.317 e. The Labute approximate surface area is 123 Å². The lowest BCUT2D eigenvalue weighted by molar-refractivity contribution is 0.297. The molecule has 0 bridgehead atoms. The van der Waals surface area contributed by atoms with E-state index in [-0.39, 0.29) is 18.4 Å². The highest BCUT2D eigenvalue weighted by atomic mass is 35.5. The zero-order valence-corrected chi connectivity index (χ0v) is 12.6. The van der Waals surface area contributed by atoms with Gasteiger partial charge >= 0.3 is 0 Å². The van der Waals surface area contributed by atoms with Crippen LogP contribution in [0.2, 0.25) is 0 Å². The summed E-state index contributed by atoms with van der Waals surface area (Å²) in [5, 5.41) is 3.08. The summed E-state index contributed by atoms with van der Waals surface area (Å²) in [5.41, 5.74) is 0. The van der Waals surface area contributed by atoms with E-state index in [1.54, 1.807) is 0 Å². The highest BCUT2D eigenvalue weighted by molar-refractivity contribution is 7.89. The van der Waals surface area contributed by atoms with E-state index in [1.807, 2.05) is 7.05 Å². The van der Waals surface area contributed by atoms with E-state index in [0.29, 0.717) is 25.9 Å². The van der Waals surface area contributed by atoms with E-state index in [0.717, 1.165) is 12.1 Å². The van der Waals surface area contributed by atoms with E-state index in [2.05, 4.69) is 5.32 Å². The van der Waals surface area contributed by atoms with E-state index < -0.39 is 26.6 Å². The van der Waals surface area contributed by atoms with Crippen molar-refractivity contribution in [2.24, 2.45) is 0 Å². The minimum absolute atomic E-state index is 0. The molecule has 4 nitrogen and oxygen atoms in total. The number of nitrogens with zero attached hydrogens (tertiary/aromatic N) is 1. The third-order valence-electron chi connectivity index (χ3n) is 3.40. The molecule has 1 heterocycles. The van der Waals surface area contributed by atoms with Gasteiger partial charge in [-0.3, -0.25) is 0 Å². The number of hydrogen-bond acceptors (Lipinski definition) is 3. The number of halogens is 3. The standard InChI is InChI=1S/C12H16F2N2O2S.ClH/c1-15-9-5-7-16(8-6-9)19(17,18)11-4-2-3-10(13)12(11)14;/h2-4,9,15H,5-8H2,1H3;1H. The van der Waals surface area contributed by atoms with Crippen LogP contribution in [0.5, 0.6) is 0 Å². The molecular weight excluding hydrogens is 310 g/mol. The summed E-state index contributed by atoms with van der Waals surface area (Å²) < 4.78 is 52.4. The number of rotatable bonds is 3. The Morgan fingerprint density at radius 2 is 1.85 bits per heavy atom. The summed E-state index contributed by atoms with van der Waals surface area (Å²) in [4.78, 5) is -0.588. The van der Waals surface area contributed by atoms with Crippen molar-refractivity contribution in [1.82, 2.24) is 9.62 Å². The van der Waals surface area contributed by atoms with Crippen LogP contribution in [0.4, 0.5) is 8.78 Å². The fourth-order valence-corrected chi connectivity index (χ4v) is 3.75. The van der Waals surface area contributed by atoms with Crippen LogP contribution in [0.15, 0.2) is 23.1 Å². The molecule has 114 valence electrons. The van der Waals surface area contributed by atoms with Gasteiger partial charge in [-0.2, -0.15) is 4.31 Å². The SMILES string of the molecule is CNC1CCN(S(=O)(=O)c2cccc(F)c2F)CC1.Cl. The van der Waals surface area contributed by atoms with Crippen molar-refractivity contribution in [2.75, 3.05) is 20.1 Å². The van der Waals surface area contributed by atoms with Crippen LogP contribution in [0, 0.1) is 11.6 Å². The lowest BCUT2D eigenvalue weighted by Crippen LogP contribution is -2.44. The second kappa shape index (κ2) is 6.80. The third-order valence-corrected chi connectivity index (χ3v) is 5.31. The largest absolute Gasteiger partial charge is 0.317 e. The van der Waals surface area contributed by atoms with Crippen molar-refractivity contribution in [3.8, 4) is 0 Å². The summed E-state index contributed by atoms with van der Waals surface area (Å²) in [5.74, 6) is -2.45. The summed E-state index contributed by atoms with van der Waals surface area (Å²) in [7, 11) is -2.14. The van der Waals surface area contributed by atoms with Crippen molar-refractivity contribution < 1.29 is 17.2 Å². The minimum atomic E-state index is -3.96. The van der Waals surface area contributed by atoms with Gasteiger partial charge in [0.15, 0.2) is 11.6 Å². The van der Waals surface area contributed by atoms with Crippen LogP contribution < -0.4 is 5.32 Å². The van der Waals surface area contributed by atoms with Crippen LogP contribution in [-0.2, 0) is 10.0 Å². The molecule has 1 N–H and O–H groups in total. The third kappa shape index (κ3) is 3.28. The molecule has 1 fully saturated rings. The fourth-order valence-electron chi connectivity index (χ4n) is 2.21. The Morgan fingerprint density at radius 1 is 1.25 bits per heavy atom. The van der Waals surface area contributed by atoms with Gasteiger partial charge in [0.1, 0.15) is 4.90 Å². The van der Waals surface area contributed by atoms with Crippen LogP contribution >= 0.6 is 12.4 Å². The molecule has 2 rings (SSSR count). The first-order valence-corrected chi connectivity index (χ1v) is 7.52. The van der Waals surface area contributed by atoms with Gasteiger partial charge in [0.2, 0.25) is 10.0 Å². The Kier molecular flexibility index (Phi) is 5.88. The first-order chi connectivity index (χ1) is 8.96. The summed E-state index contributed by atoms with van der Waals surface area (Å²) in [6.45, 7) is 0.619. The van der Waals surface area contributed by atoms with E-state index in [9.17, 15) is 17.2 Å². The molecule has 1 saturated heterocycles. The fraction of sp³-hybridized carbons (Fsp3) is 0.500. The number of sulfonamides is 1. The van der Waals surface area contributed by atoms with E-state index >= 15 is 0 Å². The molecule has 0 radical (unpaired) electrons. The lowest BCUT2D eigenvalue weighted by Gasteiger charge is -2.31. The molecule has 1 aromatic carbocycles. The molecular formula is C12H17ClF2N2O2S. The van der Waals surface area contributed by atoms with Gasteiger partial charge in [-0.15, -0.1) is 12.4 Å². The number of nitrogens with one attached hydrogen (secondary N) is 1. The molecule has 8 heteroatoms. The summed E-state index contributed by atoms with van der Waals surface area (Å²) in [6, 6.07) is 3.47. The summed E-state index contributed by atoms with van der Waals surface area (Å²) in [6.07, 6.45) is 1.32. The predicted molar refractivity (Wildman–Crippen MR) is 74.4 cm³/mol. The molecule has 0 spiro atoms. The van der Waals surface area contributed by atoms with E-state index in [1.165, 1.54) is 10.4 Å². The van der Waals surface area contributed by atoms with Crippen molar-refractivity contribution >= 4 is 22.4 Å².